The van der Waals surface area contributed by atoms with Gasteiger partial charge in [-0.2, -0.15) is 13.2 Å². The molecule has 10 heteroatoms. The Labute approximate surface area is 174 Å². The van der Waals surface area contributed by atoms with Crippen molar-refractivity contribution in [1.29, 1.82) is 0 Å². The number of guanidine groups is 1. The molecule has 1 aliphatic heterocycles. The quantitative estimate of drug-likeness (QED) is 0.258. The largest absolute Gasteiger partial charge is 0.416 e. The van der Waals surface area contributed by atoms with Gasteiger partial charge >= 0.3 is 12.2 Å². The van der Waals surface area contributed by atoms with E-state index in [1.54, 1.807) is 14.0 Å². The van der Waals surface area contributed by atoms with E-state index in [0.29, 0.717) is 44.9 Å². The Balaban J connectivity index is 1.70. The molecule has 1 saturated heterocycles. The summed E-state index contributed by atoms with van der Waals surface area (Å²) < 4.78 is 37.8. The van der Waals surface area contributed by atoms with E-state index in [4.69, 9.17) is 0 Å². The molecule has 0 aliphatic carbocycles. The Morgan fingerprint density at radius 3 is 2.33 bits per heavy atom. The molecule has 1 aromatic rings. The summed E-state index contributed by atoms with van der Waals surface area (Å²) in [6.45, 7) is 4.86. The maximum absolute atomic E-state index is 12.6. The van der Waals surface area contributed by atoms with Crippen LogP contribution in [0.2, 0.25) is 0 Å². The zero-order chi connectivity index (χ0) is 22.4. The second kappa shape index (κ2) is 9.82. The number of alkyl halides is 3. The smallest absolute Gasteiger partial charge is 0.356 e. The van der Waals surface area contributed by atoms with Gasteiger partial charge in [0.05, 0.1) is 5.56 Å². The van der Waals surface area contributed by atoms with Gasteiger partial charge in [0.2, 0.25) is 0 Å². The lowest BCUT2D eigenvalue weighted by Gasteiger charge is -2.19. The molecule has 166 valence electrons. The minimum atomic E-state index is -4.34. The van der Waals surface area contributed by atoms with Gasteiger partial charge in [0, 0.05) is 26.7 Å². The van der Waals surface area contributed by atoms with Crippen LogP contribution in [0.1, 0.15) is 37.8 Å². The van der Waals surface area contributed by atoms with Gasteiger partial charge in [0.25, 0.3) is 5.91 Å². The molecule has 1 aliphatic rings. The molecule has 1 heterocycles. The third kappa shape index (κ3) is 5.87. The minimum absolute atomic E-state index is 0.214. The predicted molar refractivity (Wildman–Crippen MR) is 108 cm³/mol. The number of aliphatic imine (C=N–C) groups is 1. The number of amides is 3. The van der Waals surface area contributed by atoms with Crippen molar-refractivity contribution in [3.63, 3.8) is 0 Å². The zero-order valence-corrected chi connectivity index (χ0v) is 17.4. The predicted octanol–water partition coefficient (Wildman–Crippen LogP) is 2.52. The number of rotatable bonds is 8. The molecule has 1 atom stereocenters. The van der Waals surface area contributed by atoms with Crippen molar-refractivity contribution in [3.05, 3.63) is 35.4 Å². The third-order valence-electron chi connectivity index (χ3n) is 5.11. The summed E-state index contributed by atoms with van der Waals surface area (Å²) in [4.78, 5) is 29.6. The Morgan fingerprint density at radius 1 is 1.17 bits per heavy atom. The molecule has 1 aromatic carbocycles. The average molecular weight is 427 g/mol. The molecule has 2 rings (SSSR count). The van der Waals surface area contributed by atoms with E-state index in [0.717, 1.165) is 17.7 Å². The topological polar surface area (TPSA) is 85.8 Å². The molecular weight excluding hydrogens is 399 g/mol. The highest BCUT2D eigenvalue weighted by Crippen LogP contribution is 2.29. The van der Waals surface area contributed by atoms with Crippen molar-refractivity contribution < 1.29 is 22.8 Å². The lowest BCUT2D eigenvalue weighted by Crippen LogP contribution is -2.43. The first-order valence-corrected chi connectivity index (χ1v) is 9.85. The number of carbonyl (C=O) groups is 2. The number of nitrogens with one attached hydrogen (secondary N) is 3. The molecule has 0 aromatic heterocycles. The maximum atomic E-state index is 12.6. The lowest BCUT2D eigenvalue weighted by molar-refractivity contribution is -0.137. The van der Waals surface area contributed by atoms with Crippen LogP contribution < -0.4 is 16.0 Å². The van der Waals surface area contributed by atoms with Gasteiger partial charge in [-0.05, 0) is 43.9 Å². The summed E-state index contributed by atoms with van der Waals surface area (Å²) in [5, 5.41) is 8.90. The van der Waals surface area contributed by atoms with E-state index >= 15 is 0 Å². The fraction of sp³-hybridized carbons (Fsp3) is 0.550. The van der Waals surface area contributed by atoms with Gasteiger partial charge in [-0.3, -0.25) is 14.7 Å². The number of nitrogens with zero attached hydrogens (tertiary/aromatic N) is 2. The SMILES string of the molecule is CCC1(C)NC(=O)N(CCCNC(=NC)NCCc2ccc(C(F)(F)F)cc2)C1=O. The van der Waals surface area contributed by atoms with Crippen molar-refractivity contribution in [2.45, 2.75) is 44.8 Å². The average Bonchev–Trinajstić information content (AvgIpc) is 2.92. The molecule has 1 fully saturated rings. The first kappa shape index (κ1) is 23.5. The highest BCUT2D eigenvalue weighted by molar-refractivity contribution is 6.06. The van der Waals surface area contributed by atoms with Gasteiger partial charge in [0.1, 0.15) is 5.54 Å². The van der Waals surface area contributed by atoms with E-state index in [2.05, 4.69) is 20.9 Å². The first-order valence-electron chi connectivity index (χ1n) is 9.85. The number of halogens is 3. The van der Waals surface area contributed by atoms with E-state index in [9.17, 15) is 22.8 Å². The van der Waals surface area contributed by atoms with Crippen LogP contribution >= 0.6 is 0 Å². The van der Waals surface area contributed by atoms with Crippen molar-refractivity contribution in [1.82, 2.24) is 20.9 Å². The monoisotopic (exact) mass is 427 g/mol. The Hall–Kier alpha value is -2.78. The summed E-state index contributed by atoms with van der Waals surface area (Å²) in [5.74, 6) is 0.326. The zero-order valence-electron chi connectivity index (χ0n) is 17.4. The molecule has 0 bridgehead atoms. The summed E-state index contributed by atoms with van der Waals surface area (Å²) in [7, 11) is 1.61. The standard InChI is InChI=1S/C20H28F3N5O2/c1-4-19(2)16(29)28(18(30)27-19)13-5-11-25-17(24-3)26-12-10-14-6-8-15(9-7-14)20(21,22)23/h6-9H,4-5,10-13H2,1-3H3,(H,27,30)(H2,24,25,26). The van der Waals surface area contributed by atoms with E-state index in [1.807, 2.05) is 6.92 Å². The van der Waals surface area contributed by atoms with Gasteiger partial charge < -0.3 is 16.0 Å². The van der Waals surface area contributed by atoms with Crippen LogP contribution in [0.25, 0.3) is 0 Å². The summed E-state index contributed by atoms with van der Waals surface area (Å²) in [6, 6.07) is 4.69. The summed E-state index contributed by atoms with van der Waals surface area (Å²) in [5.41, 5.74) is -0.718. The number of imide groups is 1. The molecule has 1 unspecified atom stereocenters. The maximum Gasteiger partial charge on any atom is 0.416 e. The molecule has 0 saturated carbocycles. The molecular formula is C20H28F3N5O2. The van der Waals surface area contributed by atoms with Crippen molar-refractivity contribution in [3.8, 4) is 0 Å². The van der Waals surface area contributed by atoms with Crippen LogP contribution in [0.4, 0.5) is 18.0 Å². The van der Waals surface area contributed by atoms with Crippen LogP contribution in [0.3, 0.4) is 0 Å². The molecule has 7 nitrogen and oxygen atoms in total. The number of hydrogen-bond acceptors (Lipinski definition) is 3. The molecule has 0 spiro atoms. The Kier molecular flexibility index (Phi) is 7.69. The number of benzene rings is 1. The van der Waals surface area contributed by atoms with Gasteiger partial charge in [0.15, 0.2) is 5.96 Å². The van der Waals surface area contributed by atoms with Crippen LogP contribution in [0, 0.1) is 0 Å². The minimum Gasteiger partial charge on any atom is -0.356 e. The van der Waals surface area contributed by atoms with Crippen LogP contribution in [0.15, 0.2) is 29.3 Å². The lowest BCUT2D eigenvalue weighted by atomic mass is 9.99. The number of carbonyl (C=O) groups excluding carboxylic acids is 2. The van der Waals surface area contributed by atoms with Gasteiger partial charge in [-0.15, -0.1) is 0 Å². The van der Waals surface area contributed by atoms with Crippen molar-refractivity contribution in [2.24, 2.45) is 4.99 Å². The van der Waals surface area contributed by atoms with Crippen molar-refractivity contribution in [2.75, 3.05) is 26.7 Å². The van der Waals surface area contributed by atoms with E-state index in [-0.39, 0.29) is 11.9 Å². The second-order valence-electron chi connectivity index (χ2n) is 7.30. The third-order valence-corrected chi connectivity index (χ3v) is 5.11. The Bertz CT molecular complexity index is 780. The highest BCUT2D eigenvalue weighted by Gasteiger charge is 2.45. The van der Waals surface area contributed by atoms with Crippen LogP contribution in [-0.4, -0.2) is 55.0 Å². The fourth-order valence-electron chi connectivity index (χ4n) is 3.04. The van der Waals surface area contributed by atoms with E-state index < -0.39 is 17.3 Å². The molecule has 3 amide bonds. The van der Waals surface area contributed by atoms with Crippen LogP contribution in [-0.2, 0) is 17.4 Å². The number of hydrogen-bond donors (Lipinski definition) is 3. The number of urea groups is 1. The van der Waals surface area contributed by atoms with E-state index in [1.165, 1.54) is 17.0 Å². The van der Waals surface area contributed by atoms with Crippen molar-refractivity contribution >= 4 is 17.9 Å². The molecule has 0 radical (unpaired) electrons. The normalized spacial score (nSPS) is 19.8. The van der Waals surface area contributed by atoms with Gasteiger partial charge in [-0.25, -0.2) is 4.79 Å². The second-order valence-corrected chi connectivity index (χ2v) is 7.30. The first-order chi connectivity index (χ1) is 14.1. The van der Waals surface area contributed by atoms with Crippen LogP contribution in [0.5, 0.6) is 0 Å². The molecule has 30 heavy (non-hydrogen) atoms. The molecule has 3 N–H and O–H groups in total. The Morgan fingerprint density at radius 2 is 1.80 bits per heavy atom. The van der Waals surface area contributed by atoms with Gasteiger partial charge in [-0.1, -0.05) is 19.1 Å². The summed E-state index contributed by atoms with van der Waals surface area (Å²) in [6.07, 6.45) is -2.71. The summed E-state index contributed by atoms with van der Waals surface area (Å²) >= 11 is 0. The highest BCUT2D eigenvalue weighted by atomic mass is 19.4. The fourth-order valence-corrected chi connectivity index (χ4v) is 3.04.